The van der Waals surface area contributed by atoms with Crippen LogP contribution in [0.5, 0.6) is 23.0 Å². The van der Waals surface area contributed by atoms with Crippen LogP contribution in [-0.4, -0.2) is 31.9 Å². The van der Waals surface area contributed by atoms with E-state index in [1.54, 1.807) is 44.7 Å². The SMILES string of the molecule is COc1ccc(-c2cnc(-c3ccccc3C(=O)NCc3ccc4c(c3)OCO4)o2)c(OC)c1. The lowest BCUT2D eigenvalue weighted by molar-refractivity contribution is 0.0951. The summed E-state index contributed by atoms with van der Waals surface area (Å²) in [5.74, 6) is 3.26. The number of hydrogen-bond acceptors (Lipinski definition) is 7. The maximum atomic E-state index is 13.0. The van der Waals surface area contributed by atoms with Gasteiger partial charge in [0.1, 0.15) is 11.5 Å². The van der Waals surface area contributed by atoms with E-state index in [1.165, 1.54) is 0 Å². The number of fused-ring (bicyclic) bond motifs is 1. The number of carbonyl (C=O) groups excluding carboxylic acids is 1. The third-order valence-corrected chi connectivity index (χ3v) is 5.47. The molecule has 0 aliphatic carbocycles. The second-order valence-corrected chi connectivity index (χ2v) is 7.51. The van der Waals surface area contributed by atoms with E-state index in [-0.39, 0.29) is 12.7 Å². The molecule has 0 saturated carbocycles. The Balaban J connectivity index is 1.37. The van der Waals surface area contributed by atoms with Crippen molar-refractivity contribution in [2.45, 2.75) is 6.54 Å². The van der Waals surface area contributed by atoms with Crippen molar-refractivity contribution in [1.29, 1.82) is 0 Å². The summed E-state index contributed by atoms with van der Waals surface area (Å²) >= 11 is 0. The van der Waals surface area contributed by atoms with Gasteiger partial charge in [0.2, 0.25) is 12.7 Å². The molecule has 4 aromatic rings. The molecule has 0 bridgehead atoms. The van der Waals surface area contributed by atoms with E-state index in [4.69, 9.17) is 23.4 Å². The first-order valence-electron chi connectivity index (χ1n) is 10.6. The van der Waals surface area contributed by atoms with E-state index in [0.29, 0.717) is 52.3 Å². The number of hydrogen-bond donors (Lipinski definition) is 1. The Bertz CT molecular complexity index is 1350. The van der Waals surface area contributed by atoms with Gasteiger partial charge in [0.05, 0.1) is 31.5 Å². The van der Waals surface area contributed by atoms with Crippen LogP contribution in [0.2, 0.25) is 0 Å². The van der Waals surface area contributed by atoms with Crippen LogP contribution in [0.1, 0.15) is 15.9 Å². The lowest BCUT2D eigenvalue weighted by Gasteiger charge is -2.09. The number of aromatic nitrogens is 1. The van der Waals surface area contributed by atoms with Gasteiger partial charge in [-0.2, -0.15) is 0 Å². The molecule has 1 N–H and O–H groups in total. The Labute approximate surface area is 196 Å². The van der Waals surface area contributed by atoms with E-state index in [0.717, 1.165) is 11.1 Å². The van der Waals surface area contributed by atoms with Crippen LogP contribution in [0.3, 0.4) is 0 Å². The minimum Gasteiger partial charge on any atom is -0.497 e. The molecule has 34 heavy (non-hydrogen) atoms. The molecule has 0 fully saturated rings. The summed E-state index contributed by atoms with van der Waals surface area (Å²) in [4.78, 5) is 17.4. The number of carbonyl (C=O) groups is 1. The number of amides is 1. The van der Waals surface area contributed by atoms with Crippen molar-refractivity contribution >= 4 is 5.91 Å². The van der Waals surface area contributed by atoms with Crippen molar-refractivity contribution in [3.8, 4) is 45.8 Å². The third kappa shape index (κ3) is 4.13. The first-order valence-corrected chi connectivity index (χ1v) is 10.6. The molecular weight excluding hydrogens is 436 g/mol. The molecule has 3 aromatic carbocycles. The van der Waals surface area contributed by atoms with Crippen molar-refractivity contribution in [2.24, 2.45) is 0 Å². The summed E-state index contributed by atoms with van der Waals surface area (Å²) in [6, 6.07) is 18.2. The highest BCUT2D eigenvalue weighted by Gasteiger charge is 2.19. The minimum absolute atomic E-state index is 0.207. The number of nitrogens with one attached hydrogen (secondary N) is 1. The fourth-order valence-electron chi connectivity index (χ4n) is 3.72. The maximum Gasteiger partial charge on any atom is 0.252 e. The van der Waals surface area contributed by atoms with E-state index in [1.807, 2.05) is 36.4 Å². The fraction of sp³-hybridized carbons (Fsp3) is 0.154. The zero-order valence-electron chi connectivity index (χ0n) is 18.7. The van der Waals surface area contributed by atoms with Gasteiger partial charge in [-0.15, -0.1) is 0 Å². The van der Waals surface area contributed by atoms with Gasteiger partial charge >= 0.3 is 0 Å². The molecule has 1 amide bonds. The molecule has 8 heteroatoms. The zero-order chi connectivity index (χ0) is 23.5. The highest BCUT2D eigenvalue weighted by molar-refractivity contribution is 6.00. The molecule has 0 atom stereocenters. The Morgan fingerprint density at radius 2 is 1.82 bits per heavy atom. The maximum absolute atomic E-state index is 13.0. The zero-order valence-corrected chi connectivity index (χ0v) is 18.7. The summed E-state index contributed by atoms with van der Waals surface area (Å²) in [6.07, 6.45) is 1.61. The van der Waals surface area contributed by atoms with Gasteiger partial charge in [0.25, 0.3) is 5.91 Å². The second-order valence-electron chi connectivity index (χ2n) is 7.51. The van der Waals surface area contributed by atoms with Crippen molar-refractivity contribution in [3.05, 3.63) is 78.0 Å². The smallest absolute Gasteiger partial charge is 0.252 e. The molecule has 2 heterocycles. The highest BCUT2D eigenvalue weighted by atomic mass is 16.7. The quantitative estimate of drug-likeness (QED) is 0.430. The molecule has 0 saturated heterocycles. The van der Waals surface area contributed by atoms with E-state index in [2.05, 4.69) is 10.3 Å². The first-order chi connectivity index (χ1) is 16.7. The summed E-state index contributed by atoms with van der Waals surface area (Å²) < 4.78 is 27.5. The van der Waals surface area contributed by atoms with Crippen LogP contribution in [0, 0.1) is 0 Å². The predicted octanol–water partition coefficient (Wildman–Crippen LogP) is 4.68. The van der Waals surface area contributed by atoms with Crippen LogP contribution in [0.15, 0.2) is 71.3 Å². The average Bonchev–Trinajstić information content (AvgIpc) is 3.56. The molecule has 0 radical (unpaired) electrons. The van der Waals surface area contributed by atoms with Crippen molar-refractivity contribution < 1.29 is 28.2 Å². The normalized spacial score (nSPS) is 11.8. The van der Waals surface area contributed by atoms with Crippen LogP contribution >= 0.6 is 0 Å². The monoisotopic (exact) mass is 458 g/mol. The molecule has 5 rings (SSSR count). The third-order valence-electron chi connectivity index (χ3n) is 5.47. The van der Waals surface area contributed by atoms with E-state index >= 15 is 0 Å². The topological polar surface area (TPSA) is 92.1 Å². The van der Waals surface area contributed by atoms with Gasteiger partial charge in [-0.05, 0) is 42.0 Å². The Kier molecular flexibility index (Phi) is 5.78. The Morgan fingerprint density at radius 3 is 2.68 bits per heavy atom. The van der Waals surface area contributed by atoms with E-state index < -0.39 is 0 Å². The first kappa shape index (κ1) is 21.4. The van der Waals surface area contributed by atoms with Gasteiger partial charge < -0.3 is 28.7 Å². The molecule has 1 aromatic heterocycles. The molecule has 0 unspecified atom stereocenters. The van der Waals surface area contributed by atoms with Crippen LogP contribution in [0.25, 0.3) is 22.8 Å². The Morgan fingerprint density at radius 1 is 0.971 bits per heavy atom. The van der Waals surface area contributed by atoms with Crippen LogP contribution in [-0.2, 0) is 6.54 Å². The number of ether oxygens (including phenoxy) is 4. The molecule has 0 spiro atoms. The predicted molar refractivity (Wildman–Crippen MR) is 124 cm³/mol. The van der Waals surface area contributed by atoms with E-state index in [9.17, 15) is 4.79 Å². The lowest BCUT2D eigenvalue weighted by Crippen LogP contribution is -2.23. The molecule has 172 valence electrons. The number of benzene rings is 3. The van der Waals surface area contributed by atoms with Gasteiger partial charge in [-0.25, -0.2) is 4.98 Å². The largest absolute Gasteiger partial charge is 0.497 e. The lowest BCUT2D eigenvalue weighted by atomic mass is 10.1. The Hall–Kier alpha value is -4.46. The van der Waals surface area contributed by atoms with Gasteiger partial charge in [-0.3, -0.25) is 4.79 Å². The summed E-state index contributed by atoms with van der Waals surface area (Å²) in [5.41, 5.74) is 2.68. The molecule has 1 aliphatic heterocycles. The summed E-state index contributed by atoms with van der Waals surface area (Å²) in [7, 11) is 3.17. The average molecular weight is 458 g/mol. The number of nitrogens with zero attached hydrogens (tertiary/aromatic N) is 1. The number of oxazole rings is 1. The van der Waals surface area contributed by atoms with Gasteiger partial charge in [0.15, 0.2) is 17.3 Å². The van der Waals surface area contributed by atoms with Crippen molar-refractivity contribution in [1.82, 2.24) is 10.3 Å². The number of rotatable bonds is 7. The van der Waals surface area contributed by atoms with Gasteiger partial charge in [0, 0.05) is 18.2 Å². The fourth-order valence-corrected chi connectivity index (χ4v) is 3.72. The highest BCUT2D eigenvalue weighted by Crippen LogP contribution is 2.36. The summed E-state index contributed by atoms with van der Waals surface area (Å²) in [5, 5.41) is 2.95. The standard InChI is InChI=1S/C26H22N2O6/c1-30-17-8-9-20(22(12-17)31-2)24-14-28-26(34-24)19-6-4-3-5-18(19)25(29)27-13-16-7-10-21-23(11-16)33-15-32-21/h3-12,14H,13,15H2,1-2H3,(H,27,29). The molecular formula is C26H22N2O6. The summed E-state index contributed by atoms with van der Waals surface area (Å²) in [6.45, 7) is 0.544. The molecule has 8 nitrogen and oxygen atoms in total. The second kappa shape index (κ2) is 9.19. The van der Waals surface area contributed by atoms with Crippen molar-refractivity contribution in [2.75, 3.05) is 21.0 Å². The van der Waals surface area contributed by atoms with Gasteiger partial charge in [-0.1, -0.05) is 18.2 Å². The molecule has 1 aliphatic rings. The number of methoxy groups -OCH3 is 2. The van der Waals surface area contributed by atoms with Crippen molar-refractivity contribution in [3.63, 3.8) is 0 Å². The van der Waals surface area contributed by atoms with Crippen LogP contribution < -0.4 is 24.3 Å². The minimum atomic E-state index is -0.241. The van der Waals surface area contributed by atoms with Crippen LogP contribution in [0.4, 0.5) is 0 Å².